The number of aliphatic hydroxyl groups excluding tert-OH is 1. The molecule has 0 aromatic heterocycles. The Kier molecular flexibility index (Phi) is 11.4. The minimum atomic E-state index is -1.20. The van der Waals surface area contributed by atoms with Gasteiger partial charge in [0.15, 0.2) is 0 Å². The summed E-state index contributed by atoms with van der Waals surface area (Å²) >= 11 is 0. The SMILES string of the molecule is C=CCCC(=O)NC[C@H](OC(=O)[C@@H]1[C@H]2C(=O)N(CCCO)[C@H](C(=O)N(CC=C)C(C)(C)CC(C)(C)C)[C@]23CC[C@H]1O3)c1ccccc1. The van der Waals surface area contributed by atoms with Crippen LogP contribution in [0.15, 0.2) is 55.6 Å². The van der Waals surface area contributed by atoms with Crippen molar-refractivity contribution in [3.63, 3.8) is 0 Å². The van der Waals surface area contributed by atoms with E-state index in [0.717, 1.165) is 0 Å². The highest BCUT2D eigenvalue weighted by molar-refractivity contribution is 5.98. The molecule has 4 rings (SSSR count). The van der Waals surface area contributed by atoms with Crippen molar-refractivity contribution < 1.29 is 33.8 Å². The Morgan fingerprint density at radius 3 is 2.49 bits per heavy atom. The maximum absolute atomic E-state index is 14.8. The number of rotatable bonds is 16. The second kappa shape index (κ2) is 14.7. The van der Waals surface area contributed by atoms with E-state index in [4.69, 9.17) is 9.47 Å². The summed E-state index contributed by atoms with van der Waals surface area (Å²) in [5.74, 6) is -3.17. The molecule has 0 saturated carbocycles. The number of esters is 1. The number of amides is 3. The number of carbonyl (C=O) groups is 4. The minimum Gasteiger partial charge on any atom is -0.455 e. The van der Waals surface area contributed by atoms with Crippen LogP contribution in [0.2, 0.25) is 0 Å². The zero-order valence-corrected chi connectivity index (χ0v) is 28.7. The molecule has 1 aromatic rings. The minimum absolute atomic E-state index is 0.0663. The maximum Gasteiger partial charge on any atom is 0.313 e. The van der Waals surface area contributed by atoms with Gasteiger partial charge in [-0.1, -0.05) is 63.3 Å². The van der Waals surface area contributed by atoms with E-state index in [1.165, 1.54) is 4.90 Å². The number of likely N-dealkylation sites (tertiary alicyclic amines) is 1. The number of benzene rings is 1. The Labute approximate surface area is 279 Å². The predicted octanol–water partition coefficient (Wildman–Crippen LogP) is 4.34. The molecule has 3 amide bonds. The van der Waals surface area contributed by atoms with E-state index < -0.39 is 47.2 Å². The number of allylic oxidation sites excluding steroid dienone is 1. The quantitative estimate of drug-likeness (QED) is 0.201. The first-order valence-corrected chi connectivity index (χ1v) is 16.9. The molecule has 2 bridgehead atoms. The van der Waals surface area contributed by atoms with Gasteiger partial charge in [0.05, 0.1) is 24.5 Å². The molecule has 258 valence electrons. The van der Waals surface area contributed by atoms with Gasteiger partial charge < -0.3 is 29.7 Å². The number of nitrogens with zero attached hydrogens (tertiary/aromatic N) is 2. The van der Waals surface area contributed by atoms with Crippen LogP contribution in [0.3, 0.4) is 0 Å². The summed E-state index contributed by atoms with van der Waals surface area (Å²) in [6.07, 6.45) is 4.73. The second-order valence-corrected chi connectivity index (χ2v) is 14.9. The highest BCUT2D eigenvalue weighted by Gasteiger charge is 2.75. The van der Waals surface area contributed by atoms with Gasteiger partial charge in [-0.2, -0.15) is 0 Å². The van der Waals surface area contributed by atoms with Crippen molar-refractivity contribution in [2.45, 2.75) is 103 Å². The van der Waals surface area contributed by atoms with Crippen molar-refractivity contribution >= 4 is 23.7 Å². The molecule has 0 unspecified atom stereocenters. The monoisotopic (exact) mass is 651 g/mol. The third kappa shape index (κ3) is 7.64. The molecule has 47 heavy (non-hydrogen) atoms. The first-order chi connectivity index (χ1) is 22.2. The van der Waals surface area contributed by atoms with E-state index in [-0.39, 0.29) is 62.2 Å². The van der Waals surface area contributed by atoms with Gasteiger partial charge in [-0.25, -0.2) is 0 Å². The summed E-state index contributed by atoms with van der Waals surface area (Å²) in [6, 6.07) is 8.21. The summed E-state index contributed by atoms with van der Waals surface area (Å²) in [6.45, 7) is 18.4. The van der Waals surface area contributed by atoms with E-state index >= 15 is 0 Å². The first-order valence-electron chi connectivity index (χ1n) is 16.9. The van der Waals surface area contributed by atoms with E-state index in [1.807, 2.05) is 44.2 Å². The zero-order valence-electron chi connectivity index (χ0n) is 28.7. The standard InChI is InChI=1S/C37H53N3O7/c1-8-10-17-28(42)38-23-27(25-15-12-11-13-16-25)46-34(45)29-26-18-19-37(47-26)30(29)32(43)39(21-14-22-41)31(37)33(44)40(20-9-2)36(6,7)24-35(3,4)5/h8-9,11-13,15-16,26-27,29-31,41H,1-2,10,14,17-24H2,3-7H3,(H,38,42)/t26-,27+,29+,30+,31-,37+/m1/s1. The van der Waals surface area contributed by atoms with Gasteiger partial charge in [0.2, 0.25) is 17.7 Å². The lowest BCUT2D eigenvalue weighted by atomic mass is 9.70. The summed E-state index contributed by atoms with van der Waals surface area (Å²) < 4.78 is 12.7. The lowest BCUT2D eigenvalue weighted by molar-refractivity contribution is -0.160. The summed E-state index contributed by atoms with van der Waals surface area (Å²) in [7, 11) is 0. The lowest BCUT2D eigenvalue weighted by Gasteiger charge is -2.45. The highest BCUT2D eigenvalue weighted by Crippen LogP contribution is 2.59. The van der Waals surface area contributed by atoms with Crippen LogP contribution in [-0.4, -0.2) is 88.1 Å². The molecule has 3 saturated heterocycles. The van der Waals surface area contributed by atoms with Gasteiger partial charge in [0.25, 0.3) is 0 Å². The van der Waals surface area contributed by atoms with Gasteiger partial charge in [-0.15, -0.1) is 13.2 Å². The van der Waals surface area contributed by atoms with E-state index in [1.54, 1.807) is 17.1 Å². The molecule has 6 atom stereocenters. The molecule has 10 heteroatoms. The molecule has 0 radical (unpaired) electrons. The van der Waals surface area contributed by atoms with Gasteiger partial charge in [-0.05, 0) is 56.9 Å². The largest absolute Gasteiger partial charge is 0.455 e. The molecule has 10 nitrogen and oxygen atoms in total. The highest BCUT2D eigenvalue weighted by atomic mass is 16.6. The average Bonchev–Trinajstić information content (AvgIpc) is 3.65. The fourth-order valence-corrected chi connectivity index (χ4v) is 8.13. The summed E-state index contributed by atoms with van der Waals surface area (Å²) in [5.41, 5.74) is -1.14. The molecule has 3 aliphatic heterocycles. The summed E-state index contributed by atoms with van der Waals surface area (Å²) in [4.78, 5) is 58.9. The van der Waals surface area contributed by atoms with E-state index in [0.29, 0.717) is 31.2 Å². The molecule has 1 spiro atoms. The van der Waals surface area contributed by atoms with Crippen molar-refractivity contribution in [3.05, 3.63) is 61.2 Å². The molecular weight excluding hydrogens is 598 g/mol. The van der Waals surface area contributed by atoms with E-state index in [9.17, 15) is 24.3 Å². The Morgan fingerprint density at radius 1 is 1.17 bits per heavy atom. The van der Waals surface area contributed by atoms with Crippen LogP contribution >= 0.6 is 0 Å². The van der Waals surface area contributed by atoms with Crippen molar-refractivity contribution in [1.29, 1.82) is 0 Å². The number of aliphatic hydroxyl groups is 1. The van der Waals surface area contributed by atoms with Crippen molar-refractivity contribution in [3.8, 4) is 0 Å². The van der Waals surface area contributed by atoms with Crippen molar-refractivity contribution in [1.82, 2.24) is 15.1 Å². The van der Waals surface area contributed by atoms with Crippen LogP contribution in [0.1, 0.15) is 84.8 Å². The smallest absolute Gasteiger partial charge is 0.313 e. The molecule has 1 aromatic carbocycles. The average molecular weight is 652 g/mol. The number of ether oxygens (including phenoxy) is 2. The van der Waals surface area contributed by atoms with Gasteiger partial charge in [0.1, 0.15) is 17.7 Å². The number of nitrogens with one attached hydrogen (secondary N) is 1. The predicted molar refractivity (Wildman–Crippen MR) is 179 cm³/mol. The summed E-state index contributed by atoms with van der Waals surface area (Å²) in [5, 5.41) is 12.6. The van der Waals surface area contributed by atoms with Gasteiger partial charge in [0, 0.05) is 31.7 Å². The third-order valence-electron chi connectivity index (χ3n) is 9.62. The van der Waals surface area contributed by atoms with Gasteiger partial charge in [-0.3, -0.25) is 19.2 Å². The number of fused-ring (bicyclic) bond motifs is 1. The lowest BCUT2D eigenvalue weighted by Crippen LogP contribution is -2.61. The Bertz CT molecular complexity index is 1320. The Balaban J connectivity index is 1.66. The molecular formula is C37H53N3O7. The second-order valence-electron chi connectivity index (χ2n) is 14.9. The van der Waals surface area contributed by atoms with Crippen molar-refractivity contribution in [2.24, 2.45) is 17.3 Å². The van der Waals surface area contributed by atoms with Crippen LogP contribution in [0.25, 0.3) is 0 Å². The number of hydrogen-bond acceptors (Lipinski definition) is 7. The Morgan fingerprint density at radius 2 is 1.87 bits per heavy atom. The molecule has 3 fully saturated rings. The fourth-order valence-electron chi connectivity index (χ4n) is 8.13. The van der Waals surface area contributed by atoms with E-state index in [2.05, 4.69) is 39.2 Å². The first kappa shape index (κ1) is 36.3. The maximum atomic E-state index is 14.8. The topological polar surface area (TPSA) is 125 Å². The number of carbonyl (C=O) groups excluding carboxylic acids is 4. The zero-order chi connectivity index (χ0) is 34.6. The Hall–Kier alpha value is -3.50. The van der Waals surface area contributed by atoms with Crippen LogP contribution in [0.4, 0.5) is 0 Å². The normalized spacial score (nSPS) is 25.7. The van der Waals surface area contributed by atoms with Crippen LogP contribution in [-0.2, 0) is 28.7 Å². The number of hydrogen-bond donors (Lipinski definition) is 2. The van der Waals surface area contributed by atoms with Crippen LogP contribution in [0, 0.1) is 17.3 Å². The van der Waals surface area contributed by atoms with Crippen LogP contribution in [0.5, 0.6) is 0 Å². The molecule has 3 aliphatic rings. The van der Waals surface area contributed by atoms with Crippen molar-refractivity contribution in [2.75, 3.05) is 26.2 Å². The molecule has 0 aliphatic carbocycles. The third-order valence-corrected chi connectivity index (χ3v) is 9.62. The molecule has 2 N–H and O–H groups in total. The molecule has 3 heterocycles. The van der Waals surface area contributed by atoms with Gasteiger partial charge >= 0.3 is 5.97 Å². The van der Waals surface area contributed by atoms with Crippen LogP contribution < -0.4 is 5.32 Å². The fraction of sp³-hybridized carbons (Fsp3) is 0.622.